The molecule has 1 aliphatic heterocycles. The minimum atomic E-state index is -2.85. The number of carboxylic acids is 1. The smallest absolute Gasteiger partial charge is 0.332 e. The number of carbonyl (C=O) groups is 1. The quantitative estimate of drug-likeness (QED) is 0.560. The van der Waals surface area contributed by atoms with Crippen molar-refractivity contribution in [1.29, 1.82) is 0 Å². The van der Waals surface area contributed by atoms with Gasteiger partial charge in [-0.3, -0.25) is 0 Å². The van der Waals surface area contributed by atoms with E-state index in [0.29, 0.717) is 5.01 Å². The van der Waals surface area contributed by atoms with Crippen LogP contribution in [0.15, 0.2) is 0 Å². The summed E-state index contributed by atoms with van der Waals surface area (Å²) in [6, 6.07) is -1.73. The van der Waals surface area contributed by atoms with E-state index in [-0.39, 0.29) is 19.4 Å². The predicted octanol–water partition coefficient (Wildman–Crippen LogP) is 0.608. The fourth-order valence-corrected chi connectivity index (χ4v) is 1.76. The Labute approximate surface area is 83.6 Å². The van der Waals surface area contributed by atoms with E-state index in [9.17, 15) is 23.7 Å². The summed E-state index contributed by atoms with van der Waals surface area (Å²) < 4.78 is 24.9. The minimum absolute atomic E-state index is 0.00102. The summed E-state index contributed by atoms with van der Waals surface area (Å²) in [5.41, 5.74) is 0. The van der Waals surface area contributed by atoms with Crippen LogP contribution < -0.4 is 0 Å². The van der Waals surface area contributed by atoms with E-state index < -0.39 is 29.4 Å². The number of rotatable bonds is 3. The summed E-state index contributed by atoms with van der Waals surface area (Å²) in [6.45, 7) is -0.104. The topological polar surface area (TPSA) is 83.7 Å². The first-order valence-electron chi connectivity index (χ1n) is 4.37. The lowest BCUT2D eigenvalue weighted by molar-refractivity contribution is -0.666. The number of nitrogens with zero attached hydrogens (tertiary/aromatic N) is 2. The number of aliphatic carboxylic acids is 1. The maximum atomic E-state index is 12.5. The van der Waals surface area contributed by atoms with Gasteiger partial charge in [0.15, 0.2) is 11.1 Å². The van der Waals surface area contributed by atoms with Gasteiger partial charge in [0.25, 0.3) is 0 Å². The maximum absolute atomic E-state index is 12.5. The largest absolute Gasteiger partial charge is 0.480 e. The van der Waals surface area contributed by atoms with E-state index in [0.717, 1.165) is 0 Å². The summed E-state index contributed by atoms with van der Waals surface area (Å²) in [7, 11) is 0. The predicted molar refractivity (Wildman–Crippen MR) is 43.9 cm³/mol. The molecule has 1 N–H and O–H groups in total. The molecule has 15 heavy (non-hydrogen) atoms. The Hall–Kier alpha value is -1.47. The first kappa shape index (κ1) is 11.6. The highest BCUT2D eigenvalue weighted by atomic mass is 19.3. The van der Waals surface area contributed by atoms with Crippen molar-refractivity contribution >= 4 is 5.97 Å². The van der Waals surface area contributed by atoms with Gasteiger partial charge in [-0.15, -0.1) is 5.01 Å². The van der Waals surface area contributed by atoms with Gasteiger partial charge in [-0.1, -0.05) is 0 Å². The molecule has 1 aliphatic rings. The molecule has 0 radical (unpaired) electrons. The molecule has 0 aromatic carbocycles. The second-order valence-electron chi connectivity index (χ2n) is 3.32. The van der Waals surface area contributed by atoms with Crippen LogP contribution in [-0.2, 0) is 4.79 Å². The summed E-state index contributed by atoms with van der Waals surface area (Å²) in [6.07, 6.45) is -2.65. The highest BCUT2D eigenvalue weighted by Gasteiger charge is 2.46. The fourth-order valence-electron chi connectivity index (χ4n) is 1.76. The number of hydrogen-bond acceptors (Lipinski definition) is 3. The van der Waals surface area contributed by atoms with Gasteiger partial charge >= 0.3 is 5.97 Å². The lowest BCUT2D eigenvalue weighted by Gasteiger charge is -2.32. The first-order valence-corrected chi connectivity index (χ1v) is 4.37. The fraction of sp³-hybridized carbons (Fsp3) is 0.857. The van der Waals surface area contributed by atoms with Gasteiger partial charge in [0.2, 0.25) is 6.43 Å². The molecule has 0 spiro atoms. The van der Waals surface area contributed by atoms with Crippen LogP contribution in [0.3, 0.4) is 0 Å². The molecule has 0 aliphatic carbocycles. The molecule has 8 heteroatoms. The maximum Gasteiger partial charge on any atom is 0.332 e. The third-order valence-corrected chi connectivity index (χ3v) is 2.44. The zero-order chi connectivity index (χ0) is 11.6. The van der Waals surface area contributed by atoms with E-state index >= 15 is 0 Å². The van der Waals surface area contributed by atoms with Crippen LogP contribution in [0.2, 0.25) is 0 Å². The Morgan fingerprint density at radius 1 is 1.60 bits per heavy atom. The Bertz CT molecular complexity index is 274. The number of hydrogen-bond donors (Lipinski definition) is 1. The average Bonchev–Trinajstić information content (AvgIpc) is 2.16. The third-order valence-electron chi connectivity index (χ3n) is 2.44. The molecular weight excluding hydrogens is 214 g/mol. The molecule has 0 bridgehead atoms. The van der Waals surface area contributed by atoms with Crippen LogP contribution >= 0.6 is 0 Å². The third kappa shape index (κ3) is 2.31. The van der Waals surface area contributed by atoms with Crippen LogP contribution in [-0.4, -0.2) is 40.1 Å². The van der Waals surface area contributed by atoms with Crippen molar-refractivity contribution in [3.05, 3.63) is 10.1 Å². The molecule has 1 rings (SSSR count). The van der Waals surface area contributed by atoms with Gasteiger partial charge in [-0.2, -0.15) is 0 Å². The van der Waals surface area contributed by atoms with E-state index in [4.69, 9.17) is 5.11 Å². The molecule has 6 nitrogen and oxygen atoms in total. The number of nitro groups is 1. The van der Waals surface area contributed by atoms with Crippen LogP contribution in [0.5, 0.6) is 0 Å². The van der Waals surface area contributed by atoms with Crippen molar-refractivity contribution in [3.63, 3.8) is 0 Å². The Morgan fingerprint density at radius 3 is 2.60 bits per heavy atom. The monoisotopic (exact) mass is 224 g/mol. The molecular formula is C7H10F2N2O4. The first-order chi connectivity index (χ1) is 6.95. The molecule has 0 aromatic rings. The number of alkyl halides is 2. The van der Waals surface area contributed by atoms with E-state index in [1.165, 1.54) is 0 Å². The second-order valence-corrected chi connectivity index (χ2v) is 3.32. The SMILES string of the molecule is O=C(O)C1C(C(F)F)CCCN1[N+](=O)[O-]. The van der Waals surface area contributed by atoms with Gasteiger partial charge in [-0.05, 0) is 12.8 Å². The molecule has 1 heterocycles. The highest BCUT2D eigenvalue weighted by Crippen LogP contribution is 2.28. The zero-order valence-electron chi connectivity index (χ0n) is 7.68. The molecule has 2 unspecified atom stereocenters. The Morgan fingerprint density at radius 2 is 2.20 bits per heavy atom. The zero-order valence-corrected chi connectivity index (χ0v) is 7.68. The van der Waals surface area contributed by atoms with E-state index in [1.807, 2.05) is 0 Å². The molecule has 0 saturated carbocycles. The molecule has 86 valence electrons. The Balaban J connectivity index is 2.90. The molecule has 1 fully saturated rings. The molecule has 2 atom stereocenters. The lowest BCUT2D eigenvalue weighted by atomic mass is 9.90. The van der Waals surface area contributed by atoms with E-state index in [1.54, 1.807) is 0 Å². The molecule has 1 saturated heterocycles. The van der Waals surface area contributed by atoms with Crippen molar-refractivity contribution in [2.45, 2.75) is 25.3 Å². The summed E-state index contributed by atoms with van der Waals surface area (Å²) in [5, 5.41) is 18.6. The molecule has 0 amide bonds. The average molecular weight is 224 g/mol. The summed E-state index contributed by atoms with van der Waals surface area (Å²) in [5.74, 6) is -3.04. The minimum Gasteiger partial charge on any atom is -0.480 e. The van der Waals surface area contributed by atoms with Crippen molar-refractivity contribution in [1.82, 2.24) is 5.01 Å². The van der Waals surface area contributed by atoms with Crippen molar-refractivity contribution in [2.24, 2.45) is 5.92 Å². The van der Waals surface area contributed by atoms with Crippen LogP contribution in [0.4, 0.5) is 8.78 Å². The number of carboxylic acid groups (broad SMARTS) is 1. The Kier molecular flexibility index (Phi) is 3.38. The standard InChI is InChI=1S/C7H10F2N2O4/c8-6(9)4-2-1-3-10(11(14)15)5(4)7(12)13/h4-6H,1-3H2,(H,12,13). The second kappa shape index (κ2) is 4.37. The van der Waals surface area contributed by atoms with Crippen molar-refractivity contribution in [2.75, 3.05) is 6.54 Å². The van der Waals surface area contributed by atoms with Crippen molar-refractivity contribution in [3.8, 4) is 0 Å². The van der Waals surface area contributed by atoms with Gasteiger partial charge in [0.05, 0.1) is 12.5 Å². The lowest BCUT2D eigenvalue weighted by Crippen LogP contribution is -2.54. The van der Waals surface area contributed by atoms with Gasteiger partial charge in [0.1, 0.15) is 0 Å². The number of piperidine rings is 1. The highest BCUT2D eigenvalue weighted by molar-refractivity contribution is 5.73. The van der Waals surface area contributed by atoms with Gasteiger partial charge in [-0.25, -0.2) is 23.7 Å². The van der Waals surface area contributed by atoms with Crippen LogP contribution in [0.1, 0.15) is 12.8 Å². The van der Waals surface area contributed by atoms with E-state index in [2.05, 4.69) is 0 Å². The van der Waals surface area contributed by atoms with Gasteiger partial charge < -0.3 is 5.11 Å². The molecule has 0 aromatic heterocycles. The van der Waals surface area contributed by atoms with Crippen LogP contribution in [0, 0.1) is 16.0 Å². The summed E-state index contributed by atoms with van der Waals surface area (Å²) in [4.78, 5) is 21.2. The normalized spacial score (nSPS) is 26.7. The number of hydrazine groups is 1. The number of halogens is 2. The summed E-state index contributed by atoms with van der Waals surface area (Å²) >= 11 is 0. The van der Waals surface area contributed by atoms with Crippen LogP contribution in [0.25, 0.3) is 0 Å². The van der Waals surface area contributed by atoms with Gasteiger partial charge in [0, 0.05) is 0 Å². The van der Waals surface area contributed by atoms with Crippen molar-refractivity contribution < 1.29 is 23.7 Å².